The summed E-state index contributed by atoms with van der Waals surface area (Å²) in [5, 5.41) is 0. The first kappa shape index (κ1) is 20.5. The van der Waals surface area contributed by atoms with Crippen LogP contribution in [-0.4, -0.2) is 24.2 Å². The van der Waals surface area contributed by atoms with Crippen LogP contribution in [0.3, 0.4) is 0 Å². The molecular formula is C19H20F3NO4. The molecule has 0 atom stereocenters. The van der Waals surface area contributed by atoms with Gasteiger partial charge in [-0.05, 0) is 25.0 Å². The van der Waals surface area contributed by atoms with Crippen molar-refractivity contribution >= 4 is 5.97 Å². The molecule has 0 fully saturated rings. The van der Waals surface area contributed by atoms with Gasteiger partial charge in [-0.3, -0.25) is 4.79 Å². The molecule has 0 aliphatic rings. The summed E-state index contributed by atoms with van der Waals surface area (Å²) in [5.41, 5.74) is 0.242. The molecule has 0 aliphatic carbocycles. The van der Waals surface area contributed by atoms with Crippen molar-refractivity contribution in [2.45, 2.75) is 39.2 Å². The van der Waals surface area contributed by atoms with Gasteiger partial charge in [-0.15, -0.1) is 0 Å². The number of rotatable bonds is 7. The highest BCUT2D eigenvalue weighted by Gasteiger charge is 2.34. The number of ether oxygens (including phenoxy) is 3. The zero-order valence-corrected chi connectivity index (χ0v) is 15.2. The van der Waals surface area contributed by atoms with Crippen molar-refractivity contribution in [1.82, 2.24) is 4.98 Å². The number of esters is 1. The molecule has 0 amide bonds. The lowest BCUT2D eigenvalue weighted by molar-refractivity contribution is -0.142. The van der Waals surface area contributed by atoms with Crippen LogP contribution < -0.4 is 9.47 Å². The first-order valence-electron chi connectivity index (χ1n) is 8.21. The normalized spacial score (nSPS) is 11.4. The number of methoxy groups -OCH3 is 1. The summed E-state index contributed by atoms with van der Waals surface area (Å²) >= 11 is 0. The predicted molar refractivity (Wildman–Crippen MR) is 91.5 cm³/mol. The highest BCUT2D eigenvalue weighted by Crippen LogP contribution is 2.33. The van der Waals surface area contributed by atoms with Crippen LogP contribution in [0.25, 0.3) is 0 Å². The second kappa shape index (κ2) is 8.75. The van der Waals surface area contributed by atoms with Crippen LogP contribution in [0, 0.1) is 0 Å². The monoisotopic (exact) mass is 383 g/mol. The average molecular weight is 383 g/mol. The van der Waals surface area contributed by atoms with Gasteiger partial charge >= 0.3 is 12.1 Å². The Morgan fingerprint density at radius 3 is 2.41 bits per heavy atom. The second-order valence-electron chi connectivity index (χ2n) is 6.00. The lowest BCUT2D eigenvalue weighted by Crippen LogP contribution is -2.13. The number of hydrogen-bond acceptors (Lipinski definition) is 5. The van der Waals surface area contributed by atoms with E-state index in [1.807, 2.05) is 0 Å². The molecule has 0 spiro atoms. The number of hydrogen-bond donors (Lipinski definition) is 0. The van der Waals surface area contributed by atoms with E-state index in [2.05, 4.69) is 9.72 Å². The number of nitrogens with zero attached hydrogens (tertiary/aromatic N) is 1. The number of halogens is 3. The Bertz CT molecular complexity index is 791. The molecule has 0 N–H and O–H groups in total. The van der Waals surface area contributed by atoms with Gasteiger partial charge < -0.3 is 14.2 Å². The fourth-order valence-corrected chi connectivity index (χ4v) is 2.27. The van der Waals surface area contributed by atoms with Crippen molar-refractivity contribution in [3.63, 3.8) is 0 Å². The summed E-state index contributed by atoms with van der Waals surface area (Å²) in [6.45, 7) is 3.35. The van der Waals surface area contributed by atoms with Gasteiger partial charge in [-0.25, -0.2) is 4.98 Å². The molecular weight excluding hydrogens is 363 g/mol. The Balaban J connectivity index is 2.23. The Labute approximate surface area is 155 Å². The quantitative estimate of drug-likeness (QED) is 0.672. The van der Waals surface area contributed by atoms with Crippen molar-refractivity contribution in [3.8, 4) is 11.6 Å². The highest BCUT2D eigenvalue weighted by atomic mass is 19.4. The molecule has 1 heterocycles. The fraction of sp³-hybridized carbons (Fsp3) is 0.368. The number of aromatic nitrogens is 1. The van der Waals surface area contributed by atoms with Gasteiger partial charge in [0.1, 0.15) is 12.4 Å². The molecule has 0 bridgehead atoms. The van der Waals surface area contributed by atoms with E-state index in [0.29, 0.717) is 11.1 Å². The van der Waals surface area contributed by atoms with E-state index in [1.165, 1.54) is 13.2 Å². The van der Waals surface area contributed by atoms with E-state index in [-0.39, 0.29) is 30.8 Å². The number of pyridine rings is 1. The molecule has 8 heteroatoms. The lowest BCUT2D eigenvalue weighted by Gasteiger charge is -2.15. The van der Waals surface area contributed by atoms with E-state index >= 15 is 0 Å². The molecule has 146 valence electrons. The first-order valence-corrected chi connectivity index (χ1v) is 8.21. The minimum absolute atomic E-state index is 0.0183. The Kier molecular flexibility index (Phi) is 6.65. The highest BCUT2D eigenvalue weighted by molar-refractivity contribution is 5.72. The van der Waals surface area contributed by atoms with E-state index in [9.17, 15) is 18.0 Å². The first-order chi connectivity index (χ1) is 12.7. The van der Waals surface area contributed by atoms with Crippen molar-refractivity contribution in [2.75, 3.05) is 7.11 Å². The van der Waals surface area contributed by atoms with Gasteiger partial charge in [0.05, 0.1) is 19.6 Å². The molecule has 5 nitrogen and oxygen atoms in total. The Morgan fingerprint density at radius 2 is 1.81 bits per heavy atom. The van der Waals surface area contributed by atoms with E-state index in [4.69, 9.17) is 9.47 Å². The van der Waals surface area contributed by atoms with Crippen molar-refractivity contribution in [3.05, 3.63) is 53.2 Å². The van der Waals surface area contributed by atoms with Crippen LogP contribution in [0.2, 0.25) is 0 Å². The summed E-state index contributed by atoms with van der Waals surface area (Å²) in [5.74, 6) is -0.614. The number of benzene rings is 1. The molecule has 0 radical (unpaired) electrons. The zero-order valence-electron chi connectivity index (χ0n) is 15.2. The minimum atomic E-state index is -4.63. The average Bonchev–Trinajstić information content (AvgIpc) is 2.59. The summed E-state index contributed by atoms with van der Waals surface area (Å²) in [4.78, 5) is 15.0. The van der Waals surface area contributed by atoms with Crippen molar-refractivity contribution < 1.29 is 32.2 Å². The molecule has 0 aliphatic heterocycles. The predicted octanol–water partition coefficient (Wildman–Crippen LogP) is 4.18. The van der Waals surface area contributed by atoms with Crippen LogP contribution in [-0.2, 0) is 28.7 Å². The molecule has 0 unspecified atom stereocenters. The van der Waals surface area contributed by atoms with E-state index in [1.54, 1.807) is 38.1 Å². The van der Waals surface area contributed by atoms with Gasteiger partial charge in [0, 0.05) is 12.1 Å². The van der Waals surface area contributed by atoms with Crippen LogP contribution >= 0.6 is 0 Å². The van der Waals surface area contributed by atoms with E-state index in [0.717, 1.165) is 6.07 Å². The van der Waals surface area contributed by atoms with Crippen molar-refractivity contribution in [2.24, 2.45) is 0 Å². The standard InChI is InChI=1S/C19H20F3NO4/c1-12(2)27-17-10-15(9-16(23-17)19(20,21)22)26-11-14-7-5-4-6-13(14)8-18(24)25-3/h4-7,9-10,12H,8,11H2,1-3H3. The molecule has 2 aromatic rings. The fourth-order valence-electron chi connectivity index (χ4n) is 2.27. The molecule has 1 aromatic carbocycles. The SMILES string of the molecule is COC(=O)Cc1ccccc1COc1cc(OC(C)C)nc(C(F)(F)F)c1. The largest absolute Gasteiger partial charge is 0.489 e. The molecule has 2 rings (SSSR count). The topological polar surface area (TPSA) is 57.7 Å². The zero-order chi connectivity index (χ0) is 20.0. The second-order valence-corrected chi connectivity index (χ2v) is 6.00. The molecule has 27 heavy (non-hydrogen) atoms. The maximum atomic E-state index is 13.1. The summed E-state index contributed by atoms with van der Waals surface area (Å²) in [6, 6.07) is 9.09. The molecule has 1 aromatic heterocycles. The lowest BCUT2D eigenvalue weighted by atomic mass is 10.1. The number of carbonyl (C=O) groups is 1. The van der Waals surface area contributed by atoms with Crippen LogP contribution in [0.5, 0.6) is 11.6 Å². The summed E-state index contributed by atoms with van der Waals surface area (Å²) < 4.78 is 54.7. The van der Waals surface area contributed by atoms with Gasteiger partial charge in [0.25, 0.3) is 0 Å². The third kappa shape index (κ3) is 6.16. The number of alkyl halides is 3. The smallest absolute Gasteiger partial charge is 0.433 e. The Morgan fingerprint density at radius 1 is 1.15 bits per heavy atom. The summed E-state index contributed by atoms with van der Waals surface area (Å²) in [6.07, 6.45) is -4.92. The maximum Gasteiger partial charge on any atom is 0.433 e. The van der Waals surface area contributed by atoms with Gasteiger partial charge in [-0.1, -0.05) is 24.3 Å². The van der Waals surface area contributed by atoms with E-state index < -0.39 is 17.8 Å². The van der Waals surface area contributed by atoms with Gasteiger partial charge in [-0.2, -0.15) is 13.2 Å². The Hall–Kier alpha value is -2.77. The third-order valence-electron chi connectivity index (χ3n) is 3.50. The maximum absolute atomic E-state index is 13.1. The molecule has 0 saturated heterocycles. The summed E-state index contributed by atoms with van der Waals surface area (Å²) in [7, 11) is 1.29. The van der Waals surface area contributed by atoms with Crippen LogP contribution in [0.1, 0.15) is 30.7 Å². The van der Waals surface area contributed by atoms with Crippen LogP contribution in [0.4, 0.5) is 13.2 Å². The van der Waals surface area contributed by atoms with Gasteiger partial charge in [0.2, 0.25) is 5.88 Å². The van der Waals surface area contributed by atoms with Crippen molar-refractivity contribution in [1.29, 1.82) is 0 Å². The minimum Gasteiger partial charge on any atom is -0.489 e. The molecule has 0 saturated carbocycles. The third-order valence-corrected chi connectivity index (χ3v) is 3.50. The number of carbonyl (C=O) groups excluding carboxylic acids is 1. The van der Waals surface area contributed by atoms with Gasteiger partial charge in [0.15, 0.2) is 5.69 Å². The van der Waals surface area contributed by atoms with Crippen LogP contribution in [0.15, 0.2) is 36.4 Å².